The Kier molecular flexibility index (Phi) is 4.84. The molecular weight excluding hydrogens is 358 g/mol. The van der Waals surface area contributed by atoms with Crippen LogP contribution in [-0.4, -0.2) is 15.6 Å². The van der Waals surface area contributed by atoms with Crippen molar-refractivity contribution >= 4 is 5.78 Å². The molecule has 0 saturated heterocycles. The minimum atomic E-state index is 0.173. The number of ketones is 1. The number of rotatable bonds is 3. The topological polar surface area (TPSA) is 58.7 Å². The van der Waals surface area contributed by atoms with Crippen molar-refractivity contribution in [1.82, 2.24) is 9.78 Å². The van der Waals surface area contributed by atoms with Crippen LogP contribution in [0, 0.1) is 58.2 Å². The van der Waals surface area contributed by atoms with Gasteiger partial charge in [-0.05, 0) is 92.3 Å². The van der Waals surface area contributed by atoms with Crippen molar-refractivity contribution in [2.24, 2.45) is 46.8 Å². The van der Waals surface area contributed by atoms with Crippen molar-refractivity contribution in [3.05, 3.63) is 18.0 Å². The maximum Gasteiger partial charge on any atom is 0.157 e. The Morgan fingerprint density at radius 2 is 2.00 bits per heavy atom. The van der Waals surface area contributed by atoms with E-state index in [4.69, 9.17) is 5.26 Å². The van der Waals surface area contributed by atoms with Crippen LogP contribution >= 0.6 is 0 Å². The molecule has 4 saturated carbocycles. The van der Waals surface area contributed by atoms with Gasteiger partial charge in [-0.1, -0.05) is 20.3 Å². The summed E-state index contributed by atoms with van der Waals surface area (Å²) in [6.45, 7) is 5.21. The van der Waals surface area contributed by atoms with E-state index in [0.717, 1.165) is 41.9 Å². The Hall–Kier alpha value is -1.63. The molecule has 0 amide bonds. The van der Waals surface area contributed by atoms with Crippen LogP contribution in [-0.2, 0) is 11.3 Å². The number of nitrogens with zero attached hydrogens (tertiary/aromatic N) is 3. The molecule has 29 heavy (non-hydrogen) atoms. The summed E-state index contributed by atoms with van der Waals surface area (Å²) >= 11 is 0. The molecule has 5 rings (SSSR count). The van der Waals surface area contributed by atoms with Crippen LogP contribution in [0.15, 0.2) is 12.4 Å². The van der Waals surface area contributed by atoms with E-state index in [-0.39, 0.29) is 11.3 Å². The van der Waals surface area contributed by atoms with Crippen molar-refractivity contribution < 1.29 is 4.79 Å². The molecular formula is C25H35N3O. The molecule has 4 heteroatoms. The molecule has 8 atom stereocenters. The largest absolute Gasteiger partial charge is 0.297 e. The molecule has 0 spiro atoms. The first-order valence-electron chi connectivity index (χ1n) is 11.9. The van der Waals surface area contributed by atoms with Gasteiger partial charge in [-0.2, -0.15) is 10.4 Å². The van der Waals surface area contributed by atoms with Gasteiger partial charge in [0.1, 0.15) is 6.07 Å². The molecule has 156 valence electrons. The van der Waals surface area contributed by atoms with Gasteiger partial charge >= 0.3 is 0 Å². The summed E-state index contributed by atoms with van der Waals surface area (Å²) in [6, 6.07) is 2.10. The van der Waals surface area contributed by atoms with Gasteiger partial charge in [-0.25, -0.2) is 0 Å². The van der Waals surface area contributed by atoms with E-state index >= 15 is 0 Å². The Balaban J connectivity index is 1.31. The lowest BCUT2D eigenvalue weighted by Crippen LogP contribution is -2.49. The van der Waals surface area contributed by atoms with Gasteiger partial charge in [0.2, 0.25) is 0 Å². The zero-order valence-electron chi connectivity index (χ0n) is 18.0. The number of hydrogen-bond acceptors (Lipinski definition) is 3. The van der Waals surface area contributed by atoms with Crippen molar-refractivity contribution in [2.75, 3.05) is 0 Å². The van der Waals surface area contributed by atoms with E-state index in [9.17, 15) is 4.79 Å². The first kappa shape index (κ1) is 19.3. The lowest BCUT2D eigenvalue weighted by Gasteiger charge is -2.56. The average molecular weight is 394 g/mol. The summed E-state index contributed by atoms with van der Waals surface area (Å²) in [5.74, 6) is 5.92. The van der Waals surface area contributed by atoms with E-state index in [2.05, 4.69) is 25.0 Å². The van der Waals surface area contributed by atoms with Gasteiger partial charge in [0.05, 0.1) is 18.3 Å². The molecule has 1 heterocycles. The third-order valence-electron chi connectivity index (χ3n) is 9.69. The molecule has 4 aliphatic carbocycles. The van der Waals surface area contributed by atoms with Crippen LogP contribution in [0.5, 0.6) is 0 Å². The van der Waals surface area contributed by atoms with Crippen LogP contribution in [0.25, 0.3) is 0 Å². The van der Waals surface area contributed by atoms with Gasteiger partial charge < -0.3 is 0 Å². The van der Waals surface area contributed by atoms with Gasteiger partial charge in [-0.15, -0.1) is 0 Å². The monoisotopic (exact) mass is 393 g/mol. The molecule has 0 bridgehead atoms. The SMILES string of the molecule is C[C@H]1CC[C@@H]2C3CC[C@]4(C)C(C(=O)Cn5cc(C#N)cn5)CCC4C3CC[C@@H]2C1. The standard InChI is InChI=1S/C25H35N3O/c1-16-3-5-19-18(11-16)4-6-21-20(19)9-10-25(2)22(21)7-8-23(25)24(29)15-28-14-17(12-26)13-27-28/h13-14,16,18-23H,3-11,15H2,1-2H3/t16-,18+,19-,20?,21?,22?,23?,25-/m0/s1. The third kappa shape index (κ3) is 3.16. The zero-order valence-corrected chi connectivity index (χ0v) is 18.0. The van der Waals surface area contributed by atoms with Crippen molar-refractivity contribution in [1.29, 1.82) is 5.26 Å². The number of Topliss-reactive ketones (excluding diaryl/α,β-unsaturated/α-hetero) is 1. The third-order valence-corrected chi connectivity index (χ3v) is 9.69. The number of fused-ring (bicyclic) bond motifs is 5. The van der Waals surface area contributed by atoms with Crippen LogP contribution in [0.4, 0.5) is 0 Å². The molecule has 0 radical (unpaired) electrons. The summed E-state index contributed by atoms with van der Waals surface area (Å²) in [4.78, 5) is 13.3. The smallest absolute Gasteiger partial charge is 0.157 e. The summed E-state index contributed by atoms with van der Waals surface area (Å²) < 4.78 is 1.66. The molecule has 4 aliphatic rings. The fourth-order valence-electron chi connectivity index (χ4n) is 8.39. The van der Waals surface area contributed by atoms with Crippen molar-refractivity contribution in [2.45, 2.75) is 78.2 Å². The highest BCUT2D eigenvalue weighted by molar-refractivity contribution is 5.82. The normalized spacial score (nSPS) is 43.7. The molecule has 1 aromatic heterocycles. The number of hydrogen-bond donors (Lipinski definition) is 0. The number of carbonyl (C=O) groups excluding carboxylic acids is 1. The Labute approximate surface area is 175 Å². The predicted molar refractivity (Wildman–Crippen MR) is 112 cm³/mol. The van der Waals surface area contributed by atoms with E-state index in [0.29, 0.717) is 17.9 Å². The second-order valence-corrected chi connectivity index (χ2v) is 11.0. The lowest BCUT2D eigenvalue weighted by atomic mass is 9.49. The van der Waals surface area contributed by atoms with E-state index in [1.807, 2.05) is 0 Å². The van der Waals surface area contributed by atoms with Crippen LogP contribution < -0.4 is 0 Å². The summed E-state index contributed by atoms with van der Waals surface area (Å²) in [7, 11) is 0. The first-order valence-corrected chi connectivity index (χ1v) is 11.9. The van der Waals surface area contributed by atoms with Crippen LogP contribution in [0.3, 0.4) is 0 Å². The highest BCUT2D eigenvalue weighted by Crippen LogP contribution is 2.64. The van der Waals surface area contributed by atoms with E-state index in [1.54, 1.807) is 17.1 Å². The molecule has 0 aliphatic heterocycles. The zero-order chi connectivity index (χ0) is 20.2. The minimum Gasteiger partial charge on any atom is -0.297 e. The van der Waals surface area contributed by atoms with Gasteiger partial charge in [-0.3, -0.25) is 9.48 Å². The molecule has 0 aromatic carbocycles. The minimum absolute atomic E-state index is 0.173. The fourth-order valence-corrected chi connectivity index (χ4v) is 8.39. The van der Waals surface area contributed by atoms with Crippen LogP contribution in [0.1, 0.15) is 77.2 Å². The summed E-state index contributed by atoms with van der Waals surface area (Å²) in [5.41, 5.74) is 0.713. The highest BCUT2D eigenvalue weighted by Gasteiger charge is 2.58. The average Bonchev–Trinajstić information content (AvgIpc) is 3.30. The van der Waals surface area contributed by atoms with Gasteiger partial charge in [0, 0.05) is 12.1 Å². The maximum absolute atomic E-state index is 13.3. The predicted octanol–water partition coefficient (Wildman–Crippen LogP) is 5.23. The summed E-state index contributed by atoms with van der Waals surface area (Å²) in [5, 5.41) is 13.2. The van der Waals surface area contributed by atoms with Crippen LogP contribution in [0.2, 0.25) is 0 Å². The first-order chi connectivity index (χ1) is 14.0. The molecule has 4 fully saturated rings. The second-order valence-electron chi connectivity index (χ2n) is 11.0. The van der Waals surface area contributed by atoms with Crippen molar-refractivity contribution in [3.8, 4) is 6.07 Å². The number of aromatic nitrogens is 2. The Bertz CT molecular complexity index is 822. The van der Waals surface area contributed by atoms with E-state index < -0.39 is 0 Å². The molecule has 4 nitrogen and oxygen atoms in total. The quantitative estimate of drug-likeness (QED) is 0.706. The lowest BCUT2D eigenvalue weighted by molar-refractivity contribution is -0.131. The van der Waals surface area contributed by atoms with E-state index in [1.165, 1.54) is 51.4 Å². The molecule has 0 N–H and O–H groups in total. The summed E-state index contributed by atoms with van der Waals surface area (Å²) in [6.07, 6.45) is 15.3. The Morgan fingerprint density at radius 1 is 1.17 bits per heavy atom. The Morgan fingerprint density at radius 3 is 2.79 bits per heavy atom. The van der Waals surface area contributed by atoms with Gasteiger partial charge in [0.25, 0.3) is 0 Å². The second kappa shape index (κ2) is 7.25. The molecule has 1 aromatic rings. The highest BCUT2D eigenvalue weighted by atomic mass is 16.1. The fraction of sp³-hybridized carbons (Fsp3) is 0.800. The number of nitriles is 1. The molecule has 4 unspecified atom stereocenters. The van der Waals surface area contributed by atoms with Gasteiger partial charge in [0.15, 0.2) is 5.78 Å². The number of carbonyl (C=O) groups is 1. The van der Waals surface area contributed by atoms with Crippen molar-refractivity contribution in [3.63, 3.8) is 0 Å². The maximum atomic E-state index is 13.3.